The second-order valence-corrected chi connectivity index (χ2v) is 4.05. The SMILES string of the molecule is CC(C)=CC(=O)Oc1cc(C)c(O)cc1C. The normalized spacial score (nSPS) is 9.75. The van der Waals surface area contributed by atoms with Gasteiger partial charge in [0, 0.05) is 6.08 Å². The zero-order valence-electron chi connectivity index (χ0n) is 10.00. The maximum atomic E-state index is 11.4. The molecule has 1 aromatic carbocycles. The molecule has 0 unspecified atom stereocenters. The number of carbonyl (C=O) groups is 1. The molecular formula is C13H16O3. The predicted octanol–water partition coefficient (Wildman–Crippen LogP) is 2.88. The Hall–Kier alpha value is -1.77. The average Bonchev–Trinajstić information content (AvgIpc) is 2.12. The van der Waals surface area contributed by atoms with Crippen molar-refractivity contribution in [3.8, 4) is 11.5 Å². The number of phenols is 1. The van der Waals surface area contributed by atoms with Crippen LogP contribution < -0.4 is 4.74 Å². The van der Waals surface area contributed by atoms with Crippen LogP contribution in [0.2, 0.25) is 0 Å². The highest BCUT2D eigenvalue weighted by molar-refractivity contribution is 5.84. The Bertz CT molecular complexity index is 441. The van der Waals surface area contributed by atoms with Gasteiger partial charge in [0.25, 0.3) is 0 Å². The maximum Gasteiger partial charge on any atom is 0.336 e. The van der Waals surface area contributed by atoms with E-state index in [0.29, 0.717) is 11.3 Å². The molecule has 0 saturated carbocycles. The summed E-state index contributed by atoms with van der Waals surface area (Å²) in [5.74, 6) is 0.297. The molecule has 1 rings (SSSR count). The van der Waals surface area contributed by atoms with Crippen LogP contribution in [-0.4, -0.2) is 11.1 Å². The van der Waals surface area contributed by atoms with E-state index in [1.54, 1.807) is 26.0 Å². The molecule has 1 aromatic rings. The van der Waals surface area contributed by atoms with Gasteiger partial charge in [-0.05, 0) is 51.0 Å². The van der Waals surface area contributed by atoms with Gasteiger partial charge in [-0.15, -0.1) is 0 Å². The first kappa shape index (κ1) is 12.3. The van der Waals surface area contributed by atoms with Crippen molar-refractivity contribution in [3.05, 3.63) is 34.9 Å². The summed E-state index contributed by atoms with van der Waals surface area (Å²) in [6.45, 7) is 7.20. The third-order valence-corrected chi connectivity index (χ3v) is 2.11. The lowest BCUT2D eigenvalue weighted by Gasteiger charge is -2.08. The number of benzene rings is 1. The molecule has 0 aromatic heterocycles. The Labute approximate surface area is 95.4 Å². The average molecular weight is 220 g/mol. The number of esters is 1. The number of ether oxygens (including phenoxy) is 1. The molecule has 1 N–H and O–H groups in total. The van der Waals surface area contributed by atoms with Crippen molar-refractivity contribution in [2.75, 3.05) is 0 Å². The largest absolute Gasteiger partial charge is 0.508 e. The first-order chi connectivity index (χ1) is 7.40. The van der Waals surface area contributed by atoms with E-state index in [0.717, 1.165) is 11.1 Å². The van der Waals surface area contributed by atoms with Crippen LogP contribution in [0.1, 0.15) is 25.0 Å². The number of aryl methyl sites for hydroxylation is 2. The van der Waals surface area contributed by atoms with Crippen molar-refractivity contribution in [2.45, 2.75) is 27.7 Å². The molecule has 0 radical (unpaired) electrons. The summed E-state index contributed by atoms with van der Waals surface area (Å²) in [4.78, 5) is 11.4. The van der Waals surface area contributed by atoms with Gasteiger partial charge in [0.1, 0.15) is 11.5 Å². The van der Waals surface area contributed by atoms with E-state index in [9.17, 15) is 9.90 Å². The predicted molar refractivity (Wildman–Crippen MR) is 62.6 cm³/mol. The second kappa shape index (κ2) is 4.84. The first-order valence-electron chi connectivity index (χ1n) is 5.07. The summed E-state index contributed by atoms with van der Waals surface area (Å²) in [6.07, 6.45) is 1.43. The lowest BCUT2D eigenvalue weighted by Crippen LogP contribution is -2.05. The molecule has 16 heavy (non-hydrogen) atoms. The van der Waals surface area contributed by atoms with E-state index in [1.165, 1.54) is 6.08 Å². The van der Waals surface area contributed by atoms with E-state index in [1.807, 2.05) is 13.8 Å². The Morgan fingerprint density at radius 3 is 2.44 bits per heavy atom. The van der Waals surface area contributed by atoms with Gasteiger partial charge in [-0.1, -0.05) is 5.57 Å². The number of phenolic OH excluding ortho intramolecular Hbond substituents is 1. The van der Waals surface area contributed by atoms with Crippen LogP contribution >= 0.6 is 0 Å². The highest BCUT2D eigenvalue weighted by Crippen LogP contribution is 2.26. The van der Waals surface area contributed by atoms with E-state index < -0.39 is 5.97 Å². The molecule has 0 amide bonds. The van der Waals surface area contributed by atoms with Crippen molar-refractivity contribution >= 4 is 5.97 Å². The Balaban J connectivity index is 2.94. The van der Waals surface area contributed by atoms with E-state index >= 15 is 0 Å². The molecule has 3 nitrogen and oxygen atoms in total. The van der Waals surface area contributed by atoms with Crippen LogP contribution in [0.4, 0.5) is 0 Å². The number of hydrogen-bond donors (Lipinski definition) is 1. The van der Waals surface area contributed by atoms with Crippen LogP contribution in [0, 0.1) is 13.8 Å². The van der Waals surface area contributed by atoms with Gasteiger partial charge < -0.3 is 9.84 Å². The molecule has 0 bridgehead atoms. The lowest BCUT2D eigenvalue weighted by molar-refractivity contribution is -0.129. The zero-order chi connectivity index (χ0) is 12.3. The number of aromatic hydroxyl groups is 1. The second-order valence-electron chi connectivity index (χ2n) is 4.05. The molecule has 0 spiro atoms. The number of allylic oxidation sites excluding steroid dienone is 1. The molecule has 3 heteroatoms. The maximum absolute atomic E-state index is 11.4. The summed E-state index contributed by atoms with van der Waals surface area (Å²) < 4.78 is 5.17. The minimum absolute atomic E-state index is 0.208. The number of hydrogen-bond acceptors (Lipinski definition) is 3. The van der Waals surface area contributed by atoms with Gasteiger partial charge in [0.05, 0.1) is 0 Å². The number of carbonyl (C=O) groups excluding carboxylic acids is 1. The monoisotopic (exact) mass is 220 g/mol. The number of rotatable bonds is 2. The zero-order valence-corrected chi connectivity index (χ0v) is 10.00. The Morgan fingerprint density at radius 1 is 1.25 bits per heavy atom. The fraction of sp³-hybridized carbons (Fsp3) is 0.308. The minimum Gasteiger partial charge on any atom is -0.508 e. The van der Waals surface area contributed by atoms with Crippen molar-refractivity contribution in [1.29, 1.82) is 0 Å². The summed E-state index contributed by atoms with van der Waals surface area (Å²) in [5.41, 5.74) is 2.31. The molecule has 0 fully saturated rings. The van der Waals surface area contributed by atoms with Gasteiger partial charge in [-0.2, -0.15) is 0 Å². The van der Waals surface area contributed by atoms with Crippen LogP contribution in [-0.2, 0) is 4.79 Å². The molecule has 0 heterocycles. The summed E-state index contributed by atoms with van der Waals surface area (Å²) >= 11 is 0. The molecule has 0 aliphatic carbocycles. The lowest BCUT2D eigenvalue weighted by atomic mass is 10.1. The molecule has 0 saturated heterocycles. The summed E-state index contributed by atoms with van der Waals surface area (Å²) in [7, 11) is 0. The van der Waals surface area contributed by atoms with E-state index in [-0.39, 0.29) is 5.75 Å². The van der Waals surface area contributed by atoms with Crippen molar-refractivity contribution in [3.63, 3.8) is 0 Å². The van der Waals surface area contributed by atoms with Crippen molar-refractivity contribution < 1.29 is 14.6 Å². The van der Waals surface area contributed by atoms with Crippen LogP contribution in [0.25, 0.3) is 0 Å². The van der Waals surface area contributed by atoms with Gasteiger partial charge in [0.2, 0.25) is 0 Å². The van der Waals surface area contributed by atoms with Gasteiger partial charge >= 0.3 is 5.97 Å². The van der Waals surface area contributed by atoms with Crippen LogP contribution in [0.3, 0.4) is 0 Å². The molecule has 0 aliphatic rings. The molecule has 86 valence electrons. The topological polar surface area (TPSA) is 46.5 Å². The minimum atomic E-state index is -0.395. The Morgan fingerprint density at radius 2 is 1.88 bits per heavy atom. The summed E-state index contributed by atoms with van der Waals surface area (Å²) in [6, 6.07) is 3.24. The summed E-state index contributed by atoms with van der Waals surface area (Å²) in [5, 5.41) is 9.45. The van der Waals surface area contributed by atoms with Crippen LogP contribution in [0.5, 0.6) is 11.5 Å². The standard InChI is InChI=1S/C13H16O3/c1-8(2)5-13(15)16-12-7-9(3)11(14)6-10(12)4/h5-7,14H,1-4H3. The van der Waals surface area contributed by atoms with E-state index in [2.05, 4.69) is 0 Å². The molecule has 0 aliphatic heterocycles. The third kappa shape index (κ3) is 3.12. The van der Waals surface area contributed by atoms with E-state index in [4.69, 9.17) is 4.74 Å². The van der Waals surface area contributed by atoms with Crippen molar-refractivity contribution in [1.82, 2.24) is 0 Å². The first-order valence-corrected chi connectivity index (χ1v) is 5.07. The molecular weight excluding hydrogens is 204 g/mol. The van der Waals surface area contributed by atoms with Gasteiger partial charge in [0.15, 0.2) is 0 Å². The fourth-order valence-corrected chi connectivity index (χ4v) is 1.26. The quantitative estimate of drug-likeness (QED) is 0.473. The van der Waals surface area contributed by atoms with Crippen molar-refractivity contribution in [2.24, 2.45) is 0 Å². The smallest absolute Gasteiger partial charge is 0.336 e. The Kier molecular flexibility index (Phi) is 3.72. The fourth-order valence-electron chi connectivity index (χ4n) is 1.26. The van der Waals surface area contributed by atoms with Crippen LogP contribution in [0.15, 0.2) is 23.8 Å². The van der Waals surface area contributed by atoms with Gasteiger partial charge in [-0.3, -0.25) is 0 Å². The van der Waals surface area contributed by atoms with Gasteiger partial charge in [-0.25, -0.2) is 4.79 Å². The highest BCUT2D eigenvalue weighted by Gasteiger charge is 2.07. The molecule has 0 atom stereocenters. The highest BCUT2D eigenvalue weighted by atomic mass is 16.5. The third-order valence-electron chi connectivity index (χ3n) is 2.11.